The molecule has 17 heavy (non-hydrogen) atoms. The summed E-state index contributed by atoms with van der Waals surface area (Å²) in [4.78, 5) is 16.2. The zero-order valence-corrected chi connectivity index (χ0v) is 10.4. The molecule has 92 valence electrons. The van der Waals surface area contributed by atoms with E-state index in [0.29, 0.717) is 11.4 Å². The molecule has 1 fully saturated rings. The SMILES string of the molecule is CCc1cc(C(=O)NC2(C)CCC2)cc(N)n1. The topological polar surface area (TPSA) is 68.0 Å². The first kappa shape index (κ1) is 11.9. The Morgan fingerprint density at radius 3 is 2.76 bits per heavy atom. The van der Waals surface area contributed by atoms with Gasteiger partial charge < -0.3 is 11.1 Å². The van der Waals surface area contributed by atoms with Crippen molar-refractivity contribution in [1.82, 2.24) is 10.3 Å². The lowest BCUT2D eigenvalue weighted by Gasteiger charge is -2.39. The van der Waals surface area contributed by atoms with Crippen LogP contribution in [-0.2, 0) is 6.42 Å². The Kier molecular flexibility index (Phi) is 3.05. The molecule has 3 N–H and O–H groups in total. The van der Waals surface area contributed by atoms with Crippen molar-refractivity contribution in [3.05, 3.63) is 23.4 Å². The number of carbonyl (C=O) groups is 1. The van der Waals surface area contributed by atoms with Gasteiger partial charge in [-0.1, -0.05) is 6.92 Å². The zero-order valence-electron chi connectivity index (χ0n) is 10.4. The molecule has 1 saturated carbocycles. The summed E-state index contributed by atoms with van der Waals surface area (Å²) in [7, 11) is 0. The number of pyridine rings is 1. The van der Waals surface area contributed by atoms with E-state index in [0.717, 1.165) is 25.0 Å². The van der Waals surface area contributed by atoms with E-state index in [4.69, 9.17) is 5.73 Å². The van der Waals surface area contributed by atoms with E-state index >= 15 is 0 Å². The van der Waals surface area contributed by atoms with Crippen LogP contribution in [0.1, 0.15) is 49.2 Å². The first-order valence-electron chi connectivity index (χ1n) is 6.11. The van der Waals surface area contributed by atoms with E-state index in [-0.39, 0.29) is 11.4 Å². The maximum atomic E-state index is 12.1. The van der Waals surface area contributed by atoms with Crippen LogP contribution in [0.3, 0.4) is 0 Å². The third kappa shape index (κ3) is 2.57. The van der Waals surface area contributed by atoms with Crippen LogP contribution in [0.15, 0.2) is 12.1 Å². The van der Waals surface area contributed by atoms with E-state index < -0.39 is 0 Å². The number of hydrogen-bond donors (Lipinski definition) is 2. The highest BCUT2D eigenvalue weighted by atomic mass is 16.1. The molecular formula is C13H19N3O. The standard InChI is InChI=1S/C13H19N3O/c1-3-10-7-9(8-11(14)15-10)12(17)16-13(2)5-4-6-13/h7-8H,3-6H2,1-2H3,(H2,14,15)(H,16,17). The van der Waals surface area contributed by atoms with Gasteiger partial charge in [0.05, 0.1) is 0 Å². The van der Waals surface area contributed by atoms with E-state index in [2.05, 4.69) is 17.2 Å². The minimum Gasteiger partial charge on any atom is -0.384 e. The fourth-order valence-electron chi connectivity index (χ4n) is 2.10. The first-order valence-corrected chi connectivity index (χ1v) is 6.11. The predicted octanol–water partition coefficient (Wildman–Crippen LogP) is 1.90. The van der Waals surface area contributed by atoms with Gasteiger partial charge in [0.2, 0.25) is 0 Å². The number of aryl methyl sites for hydroxylation is 1. The minimum absolute atomic E-state index is 0.0263. The van der Waals surface area contributed by atoms with Gasteiger partial charge >= 0.3 is 0 Å². The minimum atomic E-state index is -0.0454. The molecule has 0 atom stereocenters. The van der Waals surface area contributed by atoms with Crippen molar-refractivity contribution in [1.29, 1.82) is 0 Å². The van der Waals surface area contributed by atoms with Crippen LogP contribution in [0.4, 0.5) is 5.82 Å². The molecule has 4 nitrogen and oxygen atoms in total. The third-order valence-corrected chi connectivity index (χ3v) is 3.40. The fourth-order valence-corrected chi connectivity index (χ4v) is 2.10. The van der Waals surface area contributed by atoms with Gasteiger partial charge in [0.15, 0.2) is 0 Å². The van der Waals surface area contributed by atoms with Crippen molar-refractivity contribution in [2.45, 2.75) is 45.1 Å². The van der Waals surface area contributed by atoms with Crippen LogP contribution in [0.5, 0.6) is 0 Å². The summed E-state index contributed by atoms with van der Waals surface area (Å²) in [5.74, 6) is 0.365. The predicted molar refractivity (Wildman–Crippen MR) is 67.7 cm³/mol. The van der Waals surface area contributed by atoms with Crippen LogP contribution in [-0.4, -0.2) is 16.4 Å². The van der Waals surface area contributed by atoms with Crippen LogP contribution in [0.25, 0.3) is 0 Å². The molecule has 1 aliphatic rings. The summed E-state index contributed by atoms with van der Waals surface area (Å²) >= 11 is 0. The molecule has 4 heteroatoms. The van der Waals surface area contributed by atoms with Crippen molar-refractivity contribution in [3.63, 3.8) is 0 Å². The van der Waals surface area contributed by atoms with E-state index in [1.54, 1.807) is 6.07 Å². The number of anilines is 1. The Labute approximate surface area is 102 Å². The van der Waals surface area contributed by atoms with E-state index in [1.165, 1.54) is 6.42 Å². The normalized spacial score (nSPS) is 17.3. The molecular weight excluding hydrogens is 214 g/mol. The summed E-state index contributed by atoms with van der Waals surface area (Å²) in [6, 6.07) is 3.45. The maximum absolute atomic E-state index is 12.1. The number of nitrogens with one attached hydrogen (secondary N) is 1. The summed E-state index contributed by atoms with van der Waals surface area (Å²) in [5, 5.41) is 3.07. The number of rotatable bonds is 3. The zero-order chi connectivity index (χ0) is 12.5. The molecule has 0 unspecified atom stereocenters. The lowest BCUT2D eigenvalue weighted by molar-refractivity contribution is 0.0850. The Morgan fingerprint density at radius 1 is 1.53 bits per heavy atom. The number of hydrogen-bond acceptors (Lipinski definition) is 3. The highest BCUT2D eigenvalue weighted by Gasteiger charge is 2.33. The molecule has 1 aliphatic carbocycles. The smallest absolute Gasteiger partial charge is 0.251 e. The molecule has 2 rings (SSSR count). The summed E-state index contributed by atoms with van der Waals surface area (Å²) in [6.07, 6.45) is 4.08. The Balaban J connectivity index is 2.15. The second-order valence-electron chi connectivity index (χ2n) is 4.99. The van der Waals surface area contributed by atoms with Gasteiger partial charge in [-0.15, -0.1) is 0 Å². The van der Waals surface area contributed by atoms with Gasteiger partial charge in [0, 0.05) is 16.8 Å². The molecule has 1 heterocycles. The number of nitrogens with zero attached hydrogens (tertiary/aromatic N) is 1. The van der Waals surface area contributed by atoms with Crippen molar-refractivity contribution in [2.75, 3.05) is 5.73 Å². The average molecular weight is 233 g/mol. The number of carbonyl (C=O) groups excluding carboxylic acids is 1. The van der Waals surface area contributed by atoms with Gasteiger partial charge in [0.1, 0.15) is 5.82 Å². The Bertz CT molecular complexity index is 438. The van der Waals surface area contributed by atoms with Gasteiger partial charge in [0.25, 0.3) is 5.91 Å². The van der Waals surface area contributed by atoms with Crippen molar-refractivity contribution >= 4 is 11.7 Å². The number of aromatic nitrogens is 1. The summed E-state index contributed by atoms with van der Waals surface area (Å²) < 4.78 is 0. The summed E-state index contributed by atoms with van der Waals surface area (Å²) in [5.41, 5.74) is 7.13. The van der Waals surface area contributed by atoms with Gasteiger partial charge in [-0.2, -0.15) is 0 Å². The monoisotopic (exact) mass is 233 g/mol. The average Bonchev–Trinajstić information content (AvgIpc) is 2.26. The molecule has 1 aromatic rings. The molecule has 1 amide bonds. The van der Waals surface area contributed by atoms with Crippen molar-refractivity contribution in [3.8, 4) is 0 Å². The van der Waals surface area contributed by atoms with E-state index in [9.17, 15) is 4.79 Å². The molecule has 0 radical (unpaired) electrons. The van der Waals surface area contributed by atoms with E-state index in [1.807, 2.05) is 13.0 Å². The van der Waals surface area contributed by atoms with Crippen molar-refractivity contribution < 1.29 is 4.79 Å². The Hall–Kier alpha value is -1.58. The van der Waals surface area contributed by atoms with Gasteiger partial charge in [-0.3, -0.25) is 4.79 Å². The second kappa shape index (κ2) is 4.35. The number of nitrogens with two attached hydrogens (primary N) is 1. The van der Waals surface area contributed by atoms with Gasteiger partial charge in [-0.25, -0.2) is 4.98 Å². The summed E-state index contributed by atoms with van der Waals surface area (Å²) in [6.45, 7) is 4.08. The molecule has 0 saturated heterocycles. The molecule has 0 bridgehead atoms. The highest BCUT2D eigenvalue weighted by Crippen LogP contribution is 2.31. The lowest BCUT2D eigenvalue weighted by atomic mass is 9.78. The molecule has 0 aromatic carbocycles. The lowest BCUT2D eigenvalue weighted by Crippen LogP contribution is -2.50. The molecule has 0 spiro atoms. The third-order valence-electron chi connectivity index (χ3n) is 3.40. The molecule has 1 aromatic heterocycles. The van der Waals surface area contributed by atoms with Crippen LogP contribution >= 0.6 is 0 Å². The largest absolute Gasteiger partial charge is 0.384 e. The fraction of sp³-hybridized carbons (Fsp3) is 0.538. The second-order valence-corrected chi connectivity index (χ2v) is 4.99. The molecule has 0 aliphatic heterocycles. The van der Waals surface area contributed by atoms with Gasteiger partial charge in [-0.05, 0) is 44.7 Å². The highest BCUT2D eigenvalue weighted by molar-refractivity contribution is 5.95. The first-order chi connectivity index (χ1) is 8.02. The Morgan fingerprint density at radius 2 is 2.24 bits per heavy atom. The van der Waals surface area contributed by atoms with Crippen LogP contribution < -0.4 is 11.1 Å². The van der Waals surface area contributed by atoms with Crippen LogP contribution in [0.2, 0.25) is 0 Å². The number of nitrogen functional groups attached to an aromatic ring is 1. The quantitative estimate of drug-likeness (QED) is 0.837. The van der Waals surface area contributed by atoms with Crippen LogP contribution in [0, 0.1) is 0 Å². The maximum Gasteiger partial charge on any atom is 0.251 e. The number of amides is 1. The van der Waals surface area contributed by atoms with Crippen molar-refractivity contribution in [2.24, 2.45) is 0 Å².